The molecule has 5 aromatic rings. The van der Waals surface area contributed by atoms with Crippen LogP contribution in [-0.4, -0.2) is 27.9 Å². The lowest BCUT2D eigenvalue weighted by Gasteiger charge is -2.46. The lowest BCUT2D eigenvalue weighted by atomic mass is 9.68. The van der Waals surface area contributed by atoms with Gasteiger partial charge in [0.2, 0.25) is 11.2 Å². The summed E-state index contributed by atoms with van der Waals surface area (Å²) < 4.78 is 13.3. The van der Waals surface area contributed by atoms with Crippen molar-refractivity contribution in [2.75, 3.05) is 0 Å². The van der Waals surface area contributed by atoms with Gasteiger partial charge in [0, 0.05) is 5.57 Å². The molecule has 0 heterocycles. The molecule has 0 aliphatic heterocycles. The van der Waals surface area contributed by atoms with Gasteiger partial charge in [0.1, 0.15) is 0 Å². The van der Waals surface area contributed by atoms with Gasteiger partial charge in [-0.1, -0.05) is 127 Å². The molecule has 2 N–H and O–H groups in total. The third-order valence-corrected chi connectivity index (χ3v) is 7.75. The van der Waals surface area contributed by atoms with E-state index in [1.54, 1.807) is 12.1 Å². The van der Waals surface area contributed by atoms with Crippen molar-refractivity contribution < 1.29 is 29.3 Å². The molecule has 6 heteroatoms. The molecule has 0 spiro atoms. The Bertz CT molecular complexity index is 1830. The first-order valence-corrected chi connectivity index (χ1v) is 13.6. The van der Waals surface area contributed by atoms with E-state index >= 15 is 0 Å². The maximum Gasteiger partial charge on any atom is 0.331 e. The first kappa shape index (κ1) is 27.1. The monoisotopic (exact) mass is 556 g/mol. The summed E-state index contributed by atoms with van der Waals surface area (Å²) in [5, 5.41) is 24.6. The molecule has 0 saturated carbocycles. The van der Waals surface area contributed by atoms with Gasteiger partial charge in [0.15, 0.2) is 0 Å². The summed E-state index contributed by atoms with van der Waals surface area (Å²) >= 11 is 0. The van der Waals surface area contributed by atoms with Crippen LogP contribution in [0.15, 0.2) is 127 Å². The highest BCUT2D eigenvalue weighted by Gasteiger charge is 2.67. The maximum absolute atomic E-state index is 13.4. The molecule has 0 aromatic heterocycles. The van der Waals surface area contributed by atoms with Crippen LogP contribution >= 0.6 is 0 Å². The van der Waals surface area contributed by atoms with Crippen LogP contribution in [0.25, 0.3) is 22.4 Å². The Balaban J connectivity index is 1.73. The van der Waals surface area contributed by atoms with Crippen LogP contribution in [0.5, 0.6) is 0 Å². The van der Waals surface area contributed by atoms with Crippen LogP contribution in [0.3, 0.4) is 0 Å². The van der Waals surface area contributed by atoms with Gasteiger partial charge in [-0.15, -0.1) is 0 Å². The molecule has 42 heavy (non-hydrogen) atoms. The fourth-order valence-electron chi connectivity index (χ4n) is 5.75. The number of ether oxygens (including phenoxy) is 2. The minimum atomic E-state index is -2.64. The fraction of sp³-hybridized carbons (Fsp3) is 0.111. The third kappa shape index (κ3) is 4.47. The Morgan fingerprint density at radius 3 is 1.74 bits per heavy atom. The average molecular weight is 557 g/mol. The van der Waals surface area contributed by atoms with Gasteiger partial charge in [-0.2, -0.15) is 0 Å². The number of carboxylic acid groups (broad SMARTS) is 2. The smallest absolute Gasteiger partial charge is 0.331 e. The van der Waals surface area contributed by atoms with Crippen LogP contribution in [0.1, 0.15) is 16.7 Å². The number of rotatable bonds is 9. The number of aliphatic carboxylic acids is 2. The molecule has 1 aliphatic carbocycles. The number of carboxylic acids is 2. The number of benzene rings is 5. The Morgan fingerprint density at radius 1 is 0.595 bits per heavy atom. The lowest BCUT2D eigenvalue weighted by molar-refractivity contribution is -0.258. The number of hydrogen-bond donors (Lipinski definition) is 2. The molecular formula is C36H28O6. The van der Waals surface area contributed by atoms with Gasteiger partial charge < -0.3 is 19.7 Å². The van der Waals surface area contributed by atoms with Crippen LogP contribution in [-0.2, 0) is 32.3 Å². The summed E-state index contributed by atoms with van der Waals surface area (Å²) in [4.78, 5) is 26.8. The van der Waals surface area contributed by atoms with Crippen molar-refractivity contribution in [2.24, 2.45) is 5.41 Å². The second kappa shape index (κ2) is 11.1. The molecule has 0 radical (unpaired) electrons. The minimum absolute atomic E-state index is 0.0950. The molecule has 208 valence electrons. The second-order valence-corrected chi connectivity index (χ2v) is 10.2. The number of fused-ring (bicyclic) bond motifs is 2. The van der Waals surface area contributed by atoms with Gasteiger partial charge in [0.05, 0.1) is 13.2 Å². The second-order valence-electron chi connectivity index (χ2n) is 10.2. The van der Waals surface area contributed by atoms with E-state index in [1.165, 1.54) is 6.08 Å². The van der Waals surface area contributed by atoms with Crippen molar-refractivity contribution in [3.05, 3.63) is 155 Å². The zero-order chi connectivity index (χ0) is 29.2. The molecule has 6 nitrogen and oxygen atoms in total. The zero-order valence-electron chi connectivity index (χ0n) is 22.6. The predicted octanol–water partition coefficient (Wildman–Crippen LogP) is 5.12. The Morgan fingerprint density at radius 2 is 1.12 bits per heavy atom. The lowest BCUT2D eigenvalue weighted by Crippen LogP contribution is -2.65. The van der Waals surface area contributed by atoms with Crippen LogP contribution < -0.4 is 10.4 Å². The van der Waals surface area contributed by atoms with Crippen LogP contribution in [0, 0.1) is 5.41 Å². The molecule has 0 amide bonds. The summed E-state index contributed by atoms with van der Waals surface area (Å²) in [5.41, 5.74) is -0.199. The summed E-state index contributed by atoms with van der Waals surface area (Å²) in [7, 11) is 0. The number of hydrogen-bond acceptors (Lipinski definition) is 4. The molecule has 0 unspecified atom stereocenters. The quantitative estimate of drug-likeness (QED) is 0.193. The Kier molecular flexibility index (Phi) is 7.17. The highest BCUT2D eigenvalue weighted by atomic mass is 16.7. The zero-order valence-corrected chi connectivity index (χ0v) is 22.6. The summed E-state index contributed by atoms with van der Waals surface area (Å²) in [6.45, 7) is -0.190. The van der Waals surface area contributed by atoms with Gasteiger partial charge in [-0.3, -0.25) is 9.59 Å². The third-order valence-electron chi connectivity index (χ3n) is 7.75. The Labute approximate surface area is 242 Å². The molecule has 0 fully saturated rings. The molecule has 0 saturated heterocycles. The van der Waals surface area contributed by atoms with Crippen molar-refractivity contribution in [3.8, 4) is 0 Å². The largest absolute Gasteiger partial charge is 0.480 e. The van der Waals surface area contributed by atoms with E-state index in [4.69, 9.17) is 9.47 Å². The van der Waals surface area contributed by atoms with E-state index < -0.39 is 23.1 Å². The normalized spacial score (nSPS) is 15.0. The highest BCUT2D eigenvalue weighted by Crippen LogP contribution is 2.49. The van der Waals surface area contributed by atoms with Crippen LogP contribution in [0.4, 0.5) is 0 Å². The molecule has 0 bridgehead atoms. The van der Waals surface area contributed by atoms with Crippen molar-refractivity contribution in [2.45, 2.75) is 19.0 Å². The summed E-state index contributed by atoms with van der Waals surface area (Å²) in [5.74, 6) is -5.47. The molecule has 0 atom stereocenters. The molecule has 5 aromatic carbocycles. The average Bonchev–Trinajstić information content (AvgIpc) is 3.03. The highest BCUT2D eigenvalue weighted by molar-refractivity contribution is 6.11. The van der Waals surface area contributed by atoms with E-state index in [0.29, 0.717) is 21.6 Å². The SMILES string of the molecule is O=C(O)C1(C(=O)O)C=c2ccccc2=C(c2cccc3ccccc23)C1(OCc1ccccc1)OCc1ccccc1. The van der Waals surface area contributed by atoms with Crippen molar-refractivity contribution in [1.29, 1.82) is 0 Å². The first-order chi connectivity index (χ1) is 20.5. The standard InChI is InChI=1S/C36H28O6/c37-33(38)35(34(39)40)22-28-17-8-10-20-30(28)32(31-21-11-18-27-16-7-9-19-29(27)31)36(35,41-23-25-12-3-1-4-13-25)42-24-26-14-5-2-6-15-26/h1-22H,23-24H2,(H,37,38)(H,39,40). The van der Waals surface area contributed by atoms with E-state index in [0.717, 1.165) is 21.9 Å². The van der Waals surface area contributed by atoms with E-state index in [2.05, 4.69) is 0 Å². The molecular weight excluding hydrogens is 528 g/mol. The molecule has 1 aliphatic rings. The van der Waals surface area contributed by atoms with E-state index in [1.807, 2.05) is 115 Å². The molecule has 6 rings (SSSR count). The Hall–Kier alpha value is -5.04. The van der Waals surface area contributed by atoms with Crippen molar-refractivity contribution >= 4 is 34.4 Å². The van der Waals surface area contributed by atoms with E-state index in [-0.39, 0.29) is 13.2 Å². The van der Waals surface area contributed by atoms with Crippen molar-refractivity contribution in [3.63, 3.8) is 0 Å². The fourth-order valence-corrected chi connectivity index (χ4v) is 5.75. The van der Waals surface area contributed by atoms with Crippen molar-refractivity contribution in [1.82, 2.24) is 0 Å². The van der Waals surface area contributed by atoms with Crippen LogP contribution in [0.2, 0.25) is 0 Å². The van der Waals surface area contributed by atoms with Gasteiger partial charge >= 0.3 is 11.9 Å². The predicted molar refractivity (Wildman–Crippen MR) is 160 cm³/mol. The number of carbonyl (C=O) groups is 2. The first-order valence-electron chi connectivity index (χ1n) is 13.6. The summed E-state index contributed by atoms with van der Waals surface area (Å²) in [6, 6.07) is 39.0. The minimum Gasteiger partial charge on any atom is -0.480 e. The summed E-state index contributed by atoms with van der Waals surface area (Å²) in [6.07, 6.45) is 1.26. The van der Waals surface area contributed by atoms with E-state index in [9.17, 15) is 19.8 Å². The topological polar surface area (TPSA) is 93.1 Å². The maximum atomic E-state index is 13.4. The van der Waals surface area contributed by atoms with Gasteiger partial charge in [-0.05, 0) is 44.0 Å². The van der Waals surface area contributed by atoms with Gasteiger partial charge in [0.25, 0.3) is 0 Å². The van der Waals surface area contributed by atoms with Gasteiger partial charge in [-0.25, -0.2) is 0 Å².